The molecule has 1 unspecified atom stereocenters. The number of esters is 1. The second kappa shape index (κ2) is 4.68. The fraction of sp³-hybridized carbons (Fsp3) is 0.889. The quantitative estimate of drug-likeness (QED) is 0.661. The van der Waals surface area contributed by atoms with Gasteiger partial charge in [0.1, 0.15) is 0 Å². The molecule has 1 rings (SSSR count). The normalized spacial score (nSPS) is 23.2. The summed E-state index contributed by atoms with van der Waals surface area (Å²) in [5.74, 6) is -5.07. The molecule has 3 nitrogen and oxygen atoms in total. The molecular formula is C9H14F2O3. The van der Waals surface area contributed by atoms with E-state index in [-0.39, 0.29) is 5.92 Å². The van der Waals surface area contributed by atoms with E-state index in [0.717, 1.165) is 13.5 Å². The summed E-state index contributed by atoms with van der Waals surface area (Å²) < 4.78 is 35.2. The third-order valence-electron chi connectivity index (χ3n) is 2.28. The van der Waals surface area contributed by atoms with Gasteiger partial charge in [0, 0.05) is 19.6 Å². The van der Waals surface area contributed by atoms with E-state index in [0.29, 0.717) is 19.6 Å². The SMILES string of the molecule is COC(=O)C(F)(F)CC1CCCOC1. The fourth-order valence-corrected chi connectivity index (χ4v) is 1.56. The zero-order valence-corrected chi connectivity index (χ0v) is 8.09. The summed E-state index contributed by atoms with van der Waals surface area (Å²) in [4.78, 5) is 10.7. The molecule has 0 aliphatic carbocycles. The summed E-state index contributed by atoms with van der Waals surface area (Å²) in [5, 5.41) is 0. The molecule has 0 aromatic rings. The highest BCUT2D eigenvalue weighted by Gasteiger charge is 2.42. The Morgan fingerprint density at radius 1 is 1.64 bits per heavy atom. The summed E-state index contributed by atoms with van der Waals surface area (Å²) in [6.07, 6.45) is 0.994. The van der Waals surface area contributed by atoms with Gasteiger partial charge >= 0.3 is 11.9 Å². The molecule has 1 aliphatic heterocycles. The van der Waals surface area contributed by atoms with Crippen molar-refractivity contribution in [2.45, 2.75) is 25.2 Å². The van der Waals surface area contributed by atoms with Gasteiger partial charge in [-0.2, -0.15) is 8.78 Å². The highest BCUT2D eigenvalue weighted by Crippen LogP contribution is 2.29. The predicted molar refractivity (Wildman–Crippen MR) is 45.1 cm³/mol. The second-order valence-corrected chi connectivity index (χ2v) is 3.48. The molecule has 1 heterocycles. The number of carbonyl (C=O) groups excluding carboxylic acids is 1. The van der Waals surface area contributed by atoms with Crippen molar-refractivity contribution in [3.8, 4) is 0 Å². The Labute approximate surface area is 81.4 Å². The lowest BCUT2D eigenvalue weighted by Gasteiger charge is -2.24. The van der Waals surface area contributed by atoms with Crippen molar-refractivity contribution in [3.63, 3.8) is 0 Å². The zero-order chi connectivity index (χ0) is 10.6. The van der Waals surface area contributed by atoms with Gasteiger partial charge in [0.25, 0.3) is 0 Å². The van der Waals surface area contributed by atoms with E-state index in [9.17, 15) is 13.6 Å². The second-order valence-electron chi connectivity index (χ2n) is 3.48. The van der Waals surface area contributed by atoms with E-state index in [4.69, 9.17) is 4.74 Å². The van der Waals surface area contributed by atoms with Crippen molar-refractivity contribution in [2.75, 3.05) is 20.3 Å². The maximum Gasteiger partial charge on any atom is 0.376 e. The summed E-state index contributed by atoms with van der Waals surface area (Å²) in [7, 11) is 0.966. The summed E-state index contributed by atoms with van der Waals surface area (Å²) in [5.41, 5.74) is 0. The smallest absolute Gasteiger partial charge is 0.376 e. The largest absolute Gasteiger partial charge is 0.465 e. The molecule has 1 fully saturated rings. The van der Waals surface area contributed by atoms with Crippen molar-refractivity contribution in [2.24, 2.45) is 5.92 Å². The molecule has 14 heavy (non-hydrogen) atoms. The standard InChI is InChI=1S/C9H14F2O3/c1-13-8(12)9(10,11)5-7-3-2-4-14-6-7/h7H,2-6H2,1H3. The molecule has 1 aliphatic rings. The third-order valence-corrected chi connectivity index (χ3v) is 2.28. The first-order chi connectivity index (χ1) is 6.56. The molecule has 1 saturated heterocycles. The monoisotopic (exact) mass is 208 g/mol. The molecular weight excluding hydrogens is 194 g/mol. The topological polar surface area (TPSA) is 35.5 Å². The first kappa shape index (κ1) is 11.4. The van der Waals surface area contributed by atoms with Crippen LogP contribution in [0.5, 0.6) is 0 Å². The van der Waals surface area contributed by atoms with E-state index >= 15 is 0 Å². The van der Waals surface area contributed by atoms with Crippen LogP contribution in [0.2, 0.25) is 0 Å². The van der Waals surface area contributed by atoms with Crippen LogP contribution in [0.3, 0.4) is 0 Å². The zero-order valence-electron chi connectivity index (χ0n) is 8.09. The minimum atomic E-state index is -3.37. The molecule has 0 amide bonds. The molecule has 0 saturated carbocycles. The van der Waals surface area contributed by atoms with Gasteiger partial charge in [-0.05, 0) is 18.8 Å². The number of hydrogen-bond acceptors (Lipinski definition) is 3. The van der Waals surface area contributed by atoms with E-state index in [1.807, 2.05) is 0 Å². The molecule has 0 radical (unpaired) electrons. The lowest BCUT2D eigenvalue weighted by Crippen LogP contribution is -2.34. The number of ether oxygens (including phenoxy) is 2. The van der Waals surface area contributed by atoms with Crippen LogP contribution in [0.1, 0.15) is 19.3 Å². The van der Waals surface area contributed by atoms with Gasteiger partial charge in [0.05, 0.1) is 7.11 Å². The Morgan fingerprint density at radius 3 is 2.86 bits per heavy atom. The molecule has 0 bridgehead atoms. The van der Waals surface area contributed by atoms with Crippen LogP contribution in [0.4, 0.5) is 8.78 Å². The highest BCUT2D eigenvalue weighted by atomic mass is 19.3. The Morgan fingerprint density at radius 2 is 2.36 bits per heavy atom. The minimum absolute atomic E-state index is 0.238. The number of hydrogen-bond donors (Lipinski definition) is 0. The summed E-state index contributed by atoms with van der Waals surface area (Å²) in [6.45, 7) is 0.937. The maximum absolute atomic E-state index is 13.1. The minimum Gasteiger partial charge on any atom is -0.465 e. The number of alkyl halides is 2. The summed E-state index contributed by atoms with van der Waals surface area (Å²) >= 11 is 0. The van der Waals surface area contributed by atoms with Crippen molar-refractivity contribution < 1.29 is 23.0 Å². The average Bonchev–Trinajstić information content (AvgIpc) is 2.17. The number of halogens is 2. The van der Waals surface area contributed by atoms with E-state index in [1.54, 1.807) is 0 Å². The molecule has 0 aromatic heterocycles. The van der Waals surface area contributed by atoms with Gasteiger partial charge in [-0.1, -0.05) is 0 Å². The average molecular weight is 208 g/mol. The van der Waals surface area contributed by atoms with Crippen LogP contribution in [-0.2, 0) is 14.3 Å². The van der Waals surface area contributed by atoms with E-state index in [2.05, 4.69) is 4.74 Å². The first-order valence-corrected chi connectivity index (χ1v) is 4.60. The molecule has 0 aromatic carbocycles. The molecule has 0 spiro atoms. The fourth-order valence-electron chi connectivity index (χ4n) is 1.56. The number of carbonyl (C=O) groups is 1. The van der Waals surface area contributed by atoms with Gasteiger partial charge in [0.15, 0.2) is 0 Å². The van der Waals surface area contributed by atoms with Gasteiger partial charge in [-0.25, -0.2) is 4.79 Å². The lowest BCUT2D eigenvalue weighted by atomic mass is 9.95. The van der Waals surface area contributed by atoms with Crippen LogP contribution < -0.4 is 0 Å². The maximum atomic E-state index is 13.1. The first-order valence-electron chi connectivity index (χ1n) is 4.60. The van der Waals surface area contributed by atoms with Gasteiger partial charge < -0.3 is 9.47 Å². The Hall–Kier alpha value is -0.710. The number of rotatable bonds is 3. The highest BCUT2D eigenvalue weighted by molar-refractivity contribution is 5.77. The Balaban J connectivity index is 2.44. The van der Waals surface area contributed by atoms with Gasteiger partial charge in [0.2, 0.25) is 0 Å². The molecule has 1 atom stereocenters. The Bertz CT molecular complexity index is 200. The van der Waals surface area contributed by atoms with Crippen molar-refractivity contribution in [1.82, 2.24) is 0 Å². The van der Waals surface area contributed by atoms with Crippen LogP contribution >= 0.6 is 0 Å². The molecule has 5 heteroatoms. The van der Waals surface area contributed by atoms with Crippen molar-refractivity contribution >= 4 is 5.97 Å². The van der Waals surface area contributed by atoms with Gasteiger partial charge in [-0.3, -0.25) is 0 Å². The number of methoxy groups -OCH3 is 1. The van der Waals surface area contributed by atoms with Crippen molar-refractivity contribution in [1.29, 1.82) is 0 Å². The van der Waals surface area contributed by atoms with E-state index in [1.165, 1.54) is 0 Å². The van der Waals surface area contributed by atoms with Crippen LogP contribution in [0.25, 0.3) is 0 Å². The molecule has 0 N–H and O–H groups in total. The van der Waals surface area contributed by atoms with Crippen LogP contribution in [0.15, 0.2) is 0 Å². The van der Waals surface area contributed by atoms with Crippen molar-refractivity contribution in [3.05, 3.63) is 0 Å². The van der Waals surface area contributed by atoms with Crippen LogP contribution in [0, 0.1) is 5.92 Å². The molecule has 82 valence electrons. The third kappa shape index (κ3) is 2.90. The Kier molecular flexibility index (Phi) is 3.80. The summed E-state index contributed by atoms with van der Waals surface area (Å²) in [6, 6.07) is 0. The van der Waals surface area contributed by atoms with E-state index < -0.39 is 18.3 Å². The lowest BCUT2D eigenvalue weighted by molar-refractivity contribution is -0.172. The van der Waals surface area contributed by atoms with Crippen LogP contribution in [-0.4, -0.2) is 32.2 Å². The predicted octanol–water partition coefficient (Wildman–Crippen LogP) is 1.61. The van der Waals surface area contributed by atoms with Gasteiger partial charge in [-0.15, -0.1) is 0 Å².